The van der Waals surface area contributed by atoms with Crippen LogP contribution >= 0.6 is 15.9 Å². The van der Waals surface area contributed by atoms with Gasteiger partial charge in [0.2, 0.25) is 0 Å². The van der Waals surface area contributed by atoms with Crippen LogP contribution in [0, 0.1) is 0 Å². The van der Waals surface area contributed by atoms with Crippen LogP contribution in [-0.2, 0) is 11.3 Å². The number of para-hydroxylation sites is 1. The lowest BCUT2D eigenvalue weighted by atomic mass is 10.2. The highest BCUT2D eigenvalue weighted by atomic mass is 79.9. The van der Waals surface area contributed by atoms with Crippen molar-refractivity contribution in [2.45, 2.75) is 6.54 Å². The number of hydrogen-bond acceptors (Lipinski definition) is 3. The number of halogens is 1. The molecule has 0 bridgehead atoms. The number of hydrogen-bond donors (Lipinski definition) is 1. The molecule has 0 amide bonds. The molecule has 0 radical (unpaired) electrons. The molecule has 0 unspecified atom stereocenters. The van der Waals surface area contributed by atoms with E-state index in [1.165, 1.54) is 0 Å². The fourth-order valence-corrected chi connectivity index (χ4v) is 2.01. The molecule has 0 fully saturated rings. The third-order valence-corrected chi connectivity index (χ3v) is 2.85. The van der Waals surface area contributed by atoms with Crippen LogP contribution in [0.15, 0.2) is 51.6 Å². The van der Waals surface area contributed by atoms with Gasteiger partial charge in [0.25, 0.3) is 0 Å². The maximum absolute atomic E-state index is 10.9. The summed E-state index contributed by atoms with van der Waals surface area (Å²) in [6.07, 6.45) is 0. The molecule has 0 saturated carbocycles. The van der Waals surface area contributed by atoms with Crippen LogP contribution < -0.4 is 4.90 Å². The van der Waals surface area contributed by atoms with Gasteiger partial charge < -0.3 is 14.4 Å². The van der Waals surface area contributed by atoms with Gasteiger partial charge in [-0.15, -0.1) is 0 Å². The van der Waals surface area contributed by atoms with Gasteiger partial charge in [0.15, 0.2) is 4.67 Å². The van der Waals surface area contributed by atoms with Gasteiger partial charge in [0.1, 0.15) is 12.3 Å². The summed E-state index contributed by atoms with van der Waals surface area (Å²) >= 11 is 3.23. The molecule has 4 nitrogen and oxygen atoms in total. The van der Waals surface area contributed by atoms with Crippen molar-refractivity contribution >= 4 is 27.6 Å². The summed E-state index contributed by atoms with van der Waals surface area (Å²) in [5.74, 6) is -0.156. The number of aliphatic carboxylic acids is 1. The van der Waals surface area contributed by atoms with Gasteiger partial charge in [-0.2, -0.15) is 0 Å². The molecule has 0 atom stereocenters. The number of anilines is 1. The van der Waals surface area contributed by atoms with E-state index in [2.05, 4.69) is 15.9 Å². The molecule has 0 aliphatic rings. The molecule has 1 aromatic heterocycles. The molecular formula is C13H12BrNO3. The summed E-state index contributed by atoms with van der Waals surface area (Å²) in [5.41, 5.74) is 0.854. The molecule has 2 aromatic rings. The van der Waals surface area contributed by atoms with Gasteiger partial charge in [-0.3, -0.25) is 4.79 Å². The Morgan fingerprint density at radius 3 is 2.50 bits per heavy atom. The second kappa shape index (κ2) is 5.73. The molecule has 1 aromatic carbocycles. The lowest BCUT2D eigenvalue weighted by Crippen LogP contribution is -2.28. The maximum atomic E-state index is 10.9. The molecule has 1 N–H and O–H groups in total. The van der Waals surface area contributed by atoms with Crippen molar-refractivity contribution in [3.05, 3.63) is 52.9 Å². The standard InChI is InChI=1S/C13H12BrNO3/c14-12-7-6-11(18-12)8-15(9-13(16)17)10-4-2-1-3-5-10/h1-7H,8-9H2,(H,16,17). The Bertz CT molecular complexity index is 524. The molecule has 5 heteroatoms. The molecule has 1 heterocycles. The van der Waals surface area contributed by atoms with E-state index in [4.69, 9.17) is 9.52 Å². The van der Waals surface area contributed by atoms with Crippen molar-refractivity contribution in [3.8, 4) is 0 Å². The van der Waals surface area contributed by atoms with Crippen molar-refractivity contribution in [2.24, 2.45) is 0 Å². The molecule has 2 rings (SSSR count). The van der Waals surface area contributed by atoms with Crippen LogP contribution in [-0.4, -0.2) is 17.6 Å². The van der Waals surface area contributed by atoms with Crippen molar-refractivity contribution < 1.29 is 14.3 Å². The summed E-state index contributed by atoms with van der Waals surface area (Å²) in [6, 6.07) is 13.0. The van der Waals surface area contributed by atoms with Crippen molar-refractivity contribution in [1.82, 2.24) is 0 Å². The van der Waals surface area contributed by atoms with Crippen molar-refractivity contribution in [1.29, 1.82) is 0 Å². The molecule has 0 saturated heterocycles. The minimum absolute atomic E-state index is 0.0671. The third kappa shape index (κ3) is 3.37. The second-order valence-corrected chi connectivity index (χ2v) is 4.57. The predicted molar refractivity (Wildman–Crippen MR) is 71.5 cm³/mol. The summed E-state index contributed by atoms with van der Waals surface area (Å²) in [6.45, 7) is 0.351. The first kappa shape index (κ1) is 12.7. The number of carboxylic acids is 1. The second-order valence-electron chi connectivity index (χ2n) is 3.79. The highest BCUT2D eigenvalue weighted by Gasteiger charge is 2.13. The van der Waals surface area contributed by atoms with Crippen LogP contribution in [0.3, 0.4) is 0 Å². The number of carbonyl (C=O) groups is 1. The summed E-state index contributed by atoms with van der Waals surface area (Å²) in [4.78, 5) is 12.6. The molecule has 0 aliphatic carbocycles. The SMILES string of the molecule is O=C(O)CN(Cc1ccc(Br)o1)c1ccccc1. The first-order valence-corrected chi connectivity index (χ1v) is 6.20. The fourth-order valence-electron chi connectivity index (χ4n) is 1.67. The van der Waals surface area contributed by atoms with Crippen LogP contribution in [0.2, 0.25) is 0 Å². The van der Waals surface area contributed by atoms with Crippen LogP contribution in [0.5, 0.6) is 0 Å². The number of furan rings is 1. The Labute approximate surface area is 113 Å². The van der Waals surface area contributed by atoms with Gasteiger partial charge in [0, 0.05) is 5.69 Å². The first-order chi connectivity index (χ1) is 8.65. The van der Waals surface area contributed by atoms with Gasteiger partial charge in [-0.1, -0.05) is 18.2 Å². The average Bonchev–Trinajstić information content (AvgIpc) is 2.75. The van der Waals surface area contributed by atoms with E-state index in [1.807, 2.05) is 36.4 Å². The van der Waals surface area contributed by atoms with Crippen LogP contribution in [0.4, 0.5) is 5.69 Å². The average molecular weight is 310 g/mol. The van der Waals surface area contributed by atoms with Crippen molar-refractivity contribution in [3.63, 3.8) is 0 Å². The summed E-state index contributed by atoms with van der Waals surface area (Å²) in [7, 11) is 0. The number of benzene rings is 1. The highest BCUT2D eigenvalue weighted by Crippen LogP contribution is 2.20. The fraction of sp³-hybridized carbons (Fsp3) is 0.154. The minimum atomic E-state index is -0.871. The van der Waals surface area contributed by atoms with Gasteiger partial charge >= 0.3 is 5.97 Å². The van der Waals surface area contributed by atoms with E-state index in [1.54, 1.807) is 11.0 Å². The quantitative estimate of drug-likeness (QED) is 0.922. The maximum Gasteiger partial charge on any atom is 0.323 e. The Morgan fingerprint density at radius 1 is 1.22 bits per heavy atom. The molecular weight excluding hydrogens is 298 g/mol. The third-order valence-electron chi connectivity index (χ3n) is 2.42. The Balaban J connectivity index is 2.18. The van der Waals surface area contributed by atoms with E-state index in [0.29, 0.717) is 17.0 Å². The van der Waals surface area contributed by atoms with Gasteiger partial charge in [0.05, 0.1) is 6.54 Å². The number of carboxylic acid groups (broad SMARTS) is 1. The normalized spacial score (nSPS) is 10.3. The molecule has 0 aliphatic heterocycles. The predicted octanol–water partition coefficient (Wildman–Crippen LogP) is 3.13. The zero-order chi connectivity index (χ0) is 13.0. The number of nitrogens with zero attached hydrogens (tertiary/aromatic N) is 1. The van der Waals surface area contributed by atoms with Crippen LogP contribution in [0.1, 0.15) is 5.76 Å². The number of rotatable bonds is 5. The highest BCUT2D eigenvalue weighted by molar-refractivity contribution is 9.10. The van der Waals surface area contributed by atoms with E-state index >= 15 is 0 Å². The summed E-state index contributed by atoms with van der Waals surface area (Å²) < 4.78 is 6.04. The monoisotopic (exact) mass is 309 g/mol. The molecule has 18 heavy (non-hydrogen) atoms. The minimum Gasteiger partial charge on any atom is -0.480 e. The van der Waals surface area contributed by atoms with E-state index < -0.39 is 5.97 Å². The smallest absolute Gasteiger partial charge is 0.323 e. The lowest BCUT2D eigenvalue weighted by molar-refractivity contribution is -0.135. The van der Waals surface area contributed by atoms with Crippen LogP contribution in [0.25, 0.3) is 0 Å². The summed E-state index contributed by atoms with van der Waals surface area (Å²) in [5, 5.41) is 8.95. The topological polar surface area (TPSA) is 53.7 Å². The zero-order valence-corrected chi connectivity index (χ0v) is 11.1. The van der Waals surface area contributed by atoms with E-state index in [9.17, 15) is 4.79 Å². The molecule has 0 spiro atoms. The molecule has 94 valence electrons. The first-order valence-electron chi connectivity index (χ1n) is 5.41. The van der Waals surface area contributed by atoms with Gasteiger partial charge in [-0.25, -0.2) is 0 Å². The van der Waals surface area contributed by atoms with E-state index in [0.717, 1.165) is 5.69 Å². The zero-order valence-electron chi connectivity index (χ0n) is 9.54. The largest absolute Gasteiger partial charge is 0.480 e. The Hall–Kier alpha value is -1.75. The Kier molecular flexibility index (Phi) is 4.04. The van der Waals surface area contributed by atoms with Gasteiger partial charge in [-0.05, 0) is 40.2 Å². The lowest BCUT2D eigenvalue weighted by Gasteiger charge is -2.21. The van der Waals surface area contributed by atoms with Crippen molar-refractivity contribution in [2.75, 3.05) is 11.4 Å². The Morgan fingerprint density at radius 2 is 1.94 bits per heavy atom. The van der Waals surface area contributed by atoms with E-state index in [-0.39, 0.29) is 6.54 Å².